The molecule has 1 N–H and O–H groups in total. The first kappa shape index (κ1) is 29.2. The molecule has 0 aliphatic heterocycles. The summed E-state index contributed by atoms with van der Waals surface area (Å²) in [5.41, 5.74) is 0.162. The zero-order valence-electron chi connectivity index (χ0n) is 23.9. The minimum Gasteiger partial charge on any atom is -0.374 e. The van der Waals surface area contributed by atoms with Gasteiger partial charge in [0.15, 0.2) is 5.60 Å². The molecule has 0 saturated heterocycles. The fourth-order valence-corrected chi connectivity index (χ4v) is 5.55. The first-order valence-electron chi connectivity index (χ1n) is 13.6. The van der Waals surface area contributed by atoms with E-state index in [0.29, 0.717) is 22.0 Å². The van der Waals surface area contributed by atoms with Crippen LogP contribution in [0.5, 0.6) is 0 Å². The second-order valence-corrected chi connectivity index (χ2v) is 10.5. The van der Waals surface area contributed by atoms with E-state index in [9.17, 15) is 28.8 Å². The third kappa shape index (κ3) is 5.07. The molecule has 45 heavy (non-hydrogen) atoms. The van der Waals surface area contributed by atoms with Crippen molar-refractivity contribution in [3.05, 3.63) is 136 Å². The SMILES string of the molecule is Cc1cc(C(O)(c2ccnc(C(F)(F)F)c2)c2cncn2C)cc2c(C#N)c(Cc3ccc(-n4cccn4)cc3)c(C#N)nc12. The lowest BCUT2D eigenvalue weighted by Crippen LogP contribution is -2.32. The monoisotopic (exact) mass is 604 g/mol. The highest BCUT2D eigenvalue weighted by atomic mass is 19.4. The predicted molar refractivity (Wildman–Crippen MR) is 157 cm³/mol. The average Bonchev–Trinajstić information content (AvgIpc) is 3.73. The number of nitrogens with zero attached hydrogens (tertiary/aromatic N) is 8. The quantitative estimate of drug-likeness (QED) is 0.266. The van der Waals surface area contributed by atoms with E-state index in [-0.39, 0.29) is 34.5 Å². The van der Waals surface area contributed by atoms with Gasteiger partial charge in [0.2, 0.25) is 0 Å². The van der Waals surface area contributed by atoms with Crippen LogP contribution in [-0.4, -0.2) is 34.4 Å². The highest BCUT2D eigenvalue weighted by molar-refractivity contribution is 5.90. The molecule has 9 nitrogen and oxygen atoms in total. The molecule has 0 amide bonds. The lowest BCUT2D eigenvalue weighted by Gasteiger charge is -2.31. The number of aryl methyl sites for hydroxylation is 2. The van der Waals surface area contributed by atoms with Crippen molar-refractivity contribution in [2.45, 2.75) is 25.1 Å². The van der Waals surface area contributed by atoms with Crippen molar-refractivity contribution in [3.8, 4) is 17.8 Å². The van der Waals surface area contributed by atoms with Crippen LogP contribution in [0.3, 0.4) is 0 Å². The summed E-state index contributed by atoms with van der Waals surface area (Å²) in [5.74, 6) is 0. The maximum Gasteiger partial charge on any atom is 0.433 e. The molecule has 6 aromatic rings. The van der Waals surface area contributed by atoms with Crippen molar-refractivity contribution in [1.29, 1.82) is 10.5 Å². The number of hydrogen-bond acceptors (Lipinski definition) is 7. The number of imidazole rings is 1. The Labute approximate surface area is 255 Å². The van der Waals surface area contributed by atoms with E-state index in [1.165, 1.54) is 23.2 Å². The Balaban J connectivity index is 1.55. The molecule has 222 valence electrons. The van der Waals surface area contributed by atoms with Gasteiger partial charge in [0.05, 0.1) is 35.0 Å². The molecular weight excluding hydrogens is 581 g/mol. The Morgan fingerprint density at radius 2 is 1.76 bits per heavy atom. The van der Waals surface area contributed by atoms with Gasteiger partial charge in [0.1, 0.15) is 23.5 Å². The van der Waals surface area contributed by atoms with Crippen LogP contribution in [0.4, 0.5) is 13.2 Å². The molecule has 0 aliphatic carbocycles. The molecule has 2 aromatic carbocycles. The van der Waals surface area contributed by atoms with Crippen LogP contribution < -0.4 is 0 Å². The van der Waals surface area contributed by atoms with Crippen LogP contribution in [0.2, 0.25) is 0 Å². The molecule has 1 unspecified atom stereocenters. The topological polar surface area (TPSA) is 129 Å². The fraction of sp³-hybridized carbons (Fsp3) is 0.152. The molecule has 0 radical (unpaired) electrons. The first-order valence-corrected chi connectivity index (χ1v) is 13.6. The summed E-state index contributed by atoms with van der Waals surface area (Å²) in [7, 11) is 1.62. The van der Waals surface area contributed by atoms with Gasteiger partial charge in [-0.3, -0.25) is 4.98 Å². The van der Waals surface area contributed by atoms with Crippen molar-refractivity contribution < 1.29 is 18.3 Å². The first-order chi connectivity index (χ1) is 21.5. The van der Waals surface area contributed by atoms with Gasteiger partial charge < -0.3 is 9.67 Å². The number of rotatable bonds is 6. The number of fused-ring (bicyclic) bond motifs is 1. The Hall–Kier alpha value is -5.85. The third-order valence-electron chi connectivity index (χ3n) is 7.76. The Kier molecular flexibility index (Phi) is 7.15. The van der Waals surface area contributed by atoms with Crippen molar-refractivity contribution in [1.82, 2.24) is 29.3 Å². The Morgan fingerprint density at radius 3 is 2.38 bits per heavy atom. The minimum atomic E-state index is -4.75. The lowest BCUT2D eigenvalue weighted by atomic mass is 9.81. The number of aliphatic hydroxyl groups is 1. The zero-order chi connectivity index (χ0) is 31.9. The predicted octanol–water partition coefficient (Wildman–Crippen LogP) is 5.49. The largest absolute Gasteiger partial charge is 0.433 e. The molecule has 4 heterocycles. The maximum absolute atomic E-state index is 13.7. The summed E-state index contributed by atoms with van der Waals surface area (Å²) >= 11 is 0. The number of nitriles is 2. The number of aromatic nitrogens is 6. The zero-order valence-corrected chi connectivity index (χ0v) is 23.9. The smallest absolute Gasteiger partial charge is 0.374 e. The van der Waals surface area contributed by atoms with Gasteiger partial charge >= 0.3 is 6.18 Å². The molecule has 1 atom stereocenters. The number of hydrogen-bond donors (Lipinski definition) is 1. The van der Waals surface area contributed by atoms with Crippen molar-refractivity contribution in [3.63, 3.8) is 0 Å². The molecule has 0 aliphatic rings. The molecule has 0 saturated carbocycles. The van der Waals surface area contributed by atoms with Crippen LogP contribution in [0.1, 0.15) is 50.5 Å². The summed E-state index contributed by atoms with van der Waals surface area (Å²) in [5, 5.41) is 37.5. The summed E-state index contributed by atoms with van der Waals surface area (Å²) in [6.45, 7) is 1.70. The Morgan fingerprint density at radius 1 is 0.978 bits per heavy atom. The van der Waals surface area contributed by atoms with Crippen LogP contribution >= 0.6 is 0 Å². The summed E-state index contributed by atoms with van der Waals surface area (Å²) in [6, 6.07) is 18.9. The van der Waals surface area contributed by atoms with Gasteiger partial charge in [-0.2, -0.15) is 28.8 Å². The Bertz CT molecular complexity index is 2140. The van der Waals surface area contributed by atoms with E-state index in [1.54, 1.807) is 37.0 Å². The number of benzene rings is 2. The maximum atomic E-state index is 13.7. The van der Waals surface area contributed by atoms with Crippen LogP contribution in [0.25, 0.3) is 16.6 Å². The van der Waals surface area contributed by atoms with E-state index in [0.717, 1.165) is 23.5 Å². The van der Waals surface area contributed by atoms with Crippen LogP contribution in [-0.2, 0) is 25.2 Å². The molecule has 0 fully saturated rings. The molecule has 0 bridgehead atoms. The summed E-state index contributed by atoms with van der Waals surface area (Å²) < 4.78 is 44.3. The highest BCUT2D eigenvalue weighted by Gasteiger charge is 2.40. The van der Waals surface area contributed by atoms with Gasteiger partial charge in [-0.25, -0.2) is 14.6 Å². The minimum absolute atomic E-state index is 0.0805. The third-order valence-corrected chi connectivity index (χ3v) is 7.76. The van der Waals surface area contributed by atoms with Gasteiger partial charge in [0, 0.05) is 43.0 Å². The second kappa shape index (κ2) is 11.0. The van der Waals surface area contributed by atoms with Crippen molar-refractivity contribution in [2.75, 3.05) is 0 Å². The van der Waals surface area contributed by atoms with Crippen molar-refractivity contribution >= 4 is 10.9 Å². The lowest BCUT2D eigenvalue weighted by molar-refractivity contribution is -0.141. The van der Waals surface area contributed by atoms with Crippen molar-refractivity contribution in [2.24, 2.45) is 7.05 Å². The normalized spacial score (nSPS) is 12.9. The van der Waals surface area contributed by atoms with E-state index in [2.05, 4.69) is 32.2 Å². The van der Waals surface area contributed by atoms with Crippen LogP contribution in [0, 0.1) is 29.6 Å². The van der Waals surface area contributed by atoms with Gasteiger partial charge in [0.25, 0.3) is 0 Å². The molecule has 6 rings (SSSR count). The van der Waals surface area contributed by atoms with E-state index in [4.69, 9.17) is 0 Å². The molecule has 4 aromatic heterocycles. The van der Waals surface area contributed by atoms with Gasteiger partial charge in [-0.1, -0.05) is 18.2 Å². The molecular formula is C33H23F3N8O. The van der Waals surface area contributed by atoms with E-state index >= 15 is 0 Å². The van der Waals surface area contributed by atoms with Gasteiger partial charge in [-0.05, 0) is 65.6 Å². The van der Waals surface area contributed by atoms with E-state index in [1.807, 2.05) is 36.5 Å². The average molecular weight is 605 g/mol. The summed E-state index contributed by atoms with van der Waals surface area (Å²) in [6.07, 6.45) is 2.73. The standard InChI is InChI=1S/C33H23F3N8O/c1-20-12-23(32(45,30-18-39-19-43(30)2)22-8-10-40-29(15-22)33(34,35)36)14-26-27(16-37)25(28(17-38)42-31(20)26)13-21-4-6-24(7-5-21)44-11-3-9-41-44/h3-12,14-15,18-19,45H,13H2,1-2H3. The highest BCUT2D eigenvalue weighted by Crippen LogP contribution is 2.41. The number of alkyl halides is 3. The van der Waals surface area contributed by atoms with E-state index < -0.39 is 17.5 Å². The fourth-order valence-electron chi connectivity index (χ4n) is 5.55. The molecule has 12 heteroatoms. The number of halogens is 3. The van der Waals surface area contributed by atoms with Crippen LogP contribution in [0.15, 0.2) is 85.7 Å². The second-order valence-electron chi connectivity index (χ2n) is 10.5. The van der Waals surface area contributed by atoms with Gasteiger partial charge in [-0.15, -0.1) is 0 Å². The number of pyridine rings is 2. The molecule has 0 spiro atoms. The summed E-state index contributed by atoms with van der Waals surface area (Å²) in [4.78, 5) is 12.1.